The minimum absolute atomic E-state index is 0.157. The molecule has 0 unspecified atom stereocenters. The molecule has 2 N–H and O–H groups in total. The fourth-order valence-corrected chi connectivity index (χ4v) is 3.20. The molecule has 6 heteroatoms. The second-order valence-corrected chi connectivity index (χ2v) is 6.21. The second-order valence-electron chi connectivity index (χ2n) is 6.21. The Hall–Kier alpha value is -3.54. The van der Waals surface area contributed by atoms with Crippen LogP contribution in [0.25, 0.3) is 11.6 Å². The number of H-pyrrole nitrogens is 2. The molecule has 0 spiro atoms. The van der Waals surface area contributed by atoms with Crippen molar-refractivity contribution >= 4 is 23.6 Å². The number of nitrogens with one attached hydrogen (secondary N) is 2. The number of aliphatic imine (C=N–C) groups is 1. The first-order chi connectivity index (χ1) is 13.2. The summed E-state index contributed by atoms with van der Waals surface area (Å²) in [6, 6.07) is 13.6. The van der Waals surface area contributed by atoms with Crippen LogP contribution in [0.15, 0.2) is 52.3 Å². The van der Waals surface area contributed by atoms with E-state index in [9.17, 15) is 4.79 Å². The van der Waals surface area contributed by atoms with Gasteiger partial charge < -0.3 is 14.6 Å². The van der Waals surface area contributed by atoms with Crippen LogP contribution in [0.2, 0.25) is 0 Å². The van der Waals surface area contributed by atoms with E-state index in [0.29, 0.717) is 23.5 Å². The van der Waals surface area contributed by atoms with Crippen LogP contribution in [0, 0.1) is 0 Å². The number of aromatic nitrogens is 2. The molecule has 0 bridgehead atoms. The van der Waals surface area contributed by atoms with Gasteiger partial charge in [0.1, 0.15) is 0 Å². The van der Waals surface area contributed by atoms with E-state index >= 15 is 0 Å². The number of aromatic amines is 2. The zero-order valence-corrected chi connectivity index (χ0v) is 15.1. The predicted molar refractivity (Wildman–Crippen MR) is 106 cm³/mol. The van der Waals surface area contributed by atoms with Crippen molar-refractivity contribution < 1.29 is 9.47 Å². The molecule has 1 aliphatic heterocycles. The summed E-state index contributed by atoms with van der Waals surface area (Å²) in [6.45, 7) is 0. The first-order valence-electron chi connectivity index (χ1n) is 8.55. The highest BCUT2D eigenvalue weighted by Crippen LogP contribution is 2.32. The minimum atomic E-state index is -0.157. The van der Waals surface area contributed by atoms with Crippen molar-refractivity contribution in [1.82, 2.24) is 10.2 Å². The quantitative estimate of drug-likeness (QED) is 0.729. The van der Waals surface area contributed by atoms with Crippen LogP contribution in [0.1, 0.15) is 22.4 Å². The maximum atomic E-state index is 12.3. The largest absolute Gasteiger partial charge is 0.493 e. The van der Waals surface area contributed by atoms with Crippen LogP contribution >= 0.6 is 0 Å². The summed E-state index contributed by atoms with van der Waals surface area (Å²) in [5, 5.41) is 5.67. The molecule has 4 rings (SSSR count). The first-order valence-corrected chi connectivity index (χ1v) is 8.55. The summed E-state index contributed by atoms with van der Waals surface area (Å²) < 4.78 is 10.6. The molecule has 0 amide bonds. The number of allylic oxidation sites excluding steroid dienone is 1. The van der Waals surface area contributed by atoms with Crippen LogP contribution in [0.5, 0.6) is 11.5 Å². The van der Waals surface area contributed by atoms with E-state index < -0.39 is 0 Å². The molecule has 136 valence electrons. The van der Waals surface area contributed by atoms with Crippen molar-refractivity contribution in [2.24, 2.45) is 4.99 Å². The topological polar surface area (TPSA) is 79.5 Å². The summed E-state index contributed by atoms with van der Waals surface area (Å²) in [7, 11) is 3.21. The molecule has 27 heavy (non-hydrogen) atoms. The minimum Gasteiger partial charge on any atom is -0.493 e. The molecule has 0 aliphatic carbocycles. The lowest BCUT2D eigenvalue weighted by molar-refractivity contribution is 0.354. The van der Waals surface area contributed by atoms with Crippen molar-refractivity contribution in [3.8, 4) is 11.5 Å². The molecule has 1 aliphatic rings. The van der Waals surface area contributed by atoms with Gasteiger partial charge in [-0.05, 0) is 29.8 Å². The summed E-state index contributed by atoms with van der Waals surface area (Å²) in [6.07, 6.45) is 4.22. The Morgan fingerprint density at radius 2 is 1.85 bits per heavy atom. The van der Waals surface area contributed by atoms with Gasteiger partial charge in [-0.25, -0.2) is 0 Å². The molecule has 0 fully saturated rings. The van der Waals surface area contributed by atoms with Gasteiger partial charge in [-0.1, -0.05) is 24.3 Å². The third-order valence-electron chi connectivity index (χ3n) is 4.58. The second kappa shape index (κ2) is 6.99. The van der Waals surface area contributed by atoms with Gasteiger partial charge in [-0.3, -0.25) is 14.9 Å². The number of rotatable bonds is 5. The van der Waals surface area contributed by atoms with Crippen LogP contribution in [0.3, 0.4) is 0 Å². The SMILES string of the molecule is COc1ccc(Cc2[nH][nH]c(=O)c2C=C2C=Nc3ccccc32)cc1OC. The lowest BCUT2D eigenvalue weighted by Crippen LogP contribution is -2.03. The number of nitrogens with zero attached hydrogens (tertiary/aromatic N) is 1. The Labute approximate surface area is 156 Å². The van der Waals surface area contributed by atoms with Gasteiger partial charge in [0, 0.05) is 29.5 Å². The fourth-order valence-electron chi connectivity index (χ4n) is 3.20. The number of methoxy groups -OCH3 is 2. The highest BCUT2D eigenvalue weighted by Gasteiger charge is 2.15. The van der Waals surface area contributed by atoms with E-state index in [1.54, 1.807) is 20.4 Å². The molecule has 0 atom stereocenters. The van der Waals surface area contributed by atoms with Crippen LogP contribution in [-0.2, 0) is 6.42 Å². The molecule has 3 aromatic rings. The molecule has 0 radical (unpaired) electrons. The Bertz CT molecular complexity index is 1110. The lowest BCUT2D eigenvalue weighted by Gasteiger charge is -2.09. The van der Waals surface area contributed by atoms with Gasteiger partial charge in [-0.15, -0.1) is 0 Å². The van der Waals surface area contributed by atoms with Gasteiger partial charge in [0.15, 0.2) is 11.5 Å². The Balaban J connectivity index is 1.69. The van der Waals surface area contributed by atoms with E-state index in [1.807, 2.05) is 48.5 Å². The molecule has 0 saturated heterocycles. The Morgan fingerprint density at radius 3 is 2.67 bits per heavy atom. The van der Waals surface area contributed by atoms with Gasteiger partial charge in [0.25, 0.3) is 5.56 Å². The van der Waals surface area contributed by atoms with E-state index in [4.69, 9.17) is 9.47 Å². The van der Waals surface area contributed by atoms with Gasteiger partial charge in [0.2, 0.25) is 0 Å². The van der Waals surface area contributed by atoms with Crippen molar-refractivity contribution in [2.45, 2.75) is 6.42 Å². The first kappa shape index (κ1) is 16.9. The summed E-state index contributed by atoms with van der Waals surface area (Å²) in [5.41, 5.74) is 5.11. The van der Waals surface area contributed by atoms with Crippen LogP contribution in [0.4, 0.5) is 5.69 Å². The number of fused-ring (bicyclic) bond motifs is 1. The molecule has 2 aromatic carbocycles. The summed E-state index contributed by atoms with van der Waals surface area (Å²) >= 11 is 0. The van der Waals surface area contributed by atoms with E-state index in [0.717, 1.165) is 28.1 Å². The highest BCUT2D eigenvalue weighted by atomic mass is 16.5. The van der Waals surface area contributed by atoms with Crippen molar-refractivity contribution in [1.29, 1.82) is 0 Å². The predicted octanol–water partition coefficient (Wildman–Crippen LogP) is 3.57. The van der Waals surface area contributed by atoms with E-state index in [2.05, 4.69) is 15.2 Å². The maximum absolute atomic E-state index is 12.3. The zero-order valence-electron chi connectivity index (χ0n) is 15.1. The number of ether oxygens (including phenoxy) is 2. The highest BCUT2D eigenvalue weighted by molar-refractivity contribution is 6.21. The molecule has 1 aromatic heterocycles. The Morgan fingerprint density at radius 1 is 1.04 bits per heavy atom. The molecule has 0 saturated carbocycles. The molecule has 6 nitrogen and oxygen atoms in total. The third kappa shape index (κ3) is 3.17. The van der Waals surface area contributed by atoms with E-state index in [-0.39, 0.29) is 5.56 Å². The van der Waals surface area contributed by atoms with Crippen LogP contribution < -0.4 is 15.0 Å². The van der Waals surface area contributed by atoms with Crippen molar-refractivity contribution in [3.05, 3.63) is 75.2 Å². The van der Waals surface area contributed by atoms with E-state index in [1.165, 1.54) is 0 Å². The van der Waals surface area contributed by atoms with Crippen LogP contribution in [-0.4, -0.2) is 30.6 Å². The fraction of sp³-hybridized carbons (Fsp3) is 0.143. The number of para-hydroxylation sites is 1. The average molecular weight is 361 g/mol. The van der Waals surface area contributed by atoms with Gasteiger partial charge >= 0.3 is 0 Å². The molecular formula is C21H19N3O3. The standard InChI is InChI=1S/C21H19N3O3/c1-26-19-8-7-13(10-20(19)27-2)9-18-16(21(25)24-23-18)11-14-12-22-17-6-4-3-5-15(14)17/h3-8,10-12H,9H2,1-2H3,(H2,23,24,25). The summed E-state index contributed by atoms with van der Waals surface area (Å²) in [4.78, 5) is 16.7. The number of benzene rings is 2. The van der Waals surface area contributed by atoms with Gasteiger partial charge in [-0.2, -0.15) is 0 Å². The molecular weight excluding hydrogens is 342 g/mol. The average Bonchev–Trinajstić information content (AvgIpc) is 3.26. The third-order valence-corrected chi connectivity index (χ3v) is 4.58. The number of hydrogen-bond acceptors (Lipinski definition) is 4. The monoisotopic (exact) mass is 361 g/mol. The molecule has 2 heterocycles. The lowest BCUT2D eigenvalue weighted by atomic mass is 10.0. The zero-order chi connectivity index (χ0) is 18.8. The van der Waals surface area contributed by atoms with Crippen molar-refractivity contribution in [2.75, 3.05) is 14.2 Å². The van der Waals surface area contributed by atoms with Gasteiger partial charge in [0.05, 0.1) is 25.5 Å². The maximum Gasteiger partial charge on any atom is 0.271 e. The Kier molecular flexibility index (Phi) is 4.38. The summed E-state index contributed by atoms with van der Waals surface area (Å²) in [5.74, 6) is 1.33. The normalized spacial score (nSPS) is 13.8. The smallest absolute Gasteiger partial charge is 0.271 e. The number of hydrogen-bond donors (Lipinski definition) is 2. The van der Waals surface area contributed by atoms with Crippen molar-refractivity contribution in [3.63, 3.8) is 0 Å².